The summed E-state index contributed by atoms with van der Waals surface area (Å²) in [6.45, 7) is 0. The van der Waals surface area contributed by atoms with Gasteiger partial charge < -0.3 is 4.74 Å². The topological polar surface area (TPSA) is 72.0 Å². The predicted molar refractivity (Wildman–Crippen MR) is 66.6 cm³/mol. The lowest BCUT2D eigenvalue weighted by molar-refractivity contribution is 0.0598. The number of esters is 1. The van der Waals surface area contributed by atoms with Crippen molar-refractivity contribution >= 4 is 5.97 Å². The van der Waals surface area contributed by atoms with Crippen molar-refractivity contribution in [2.24, 2.45) is 0 Å². The minimum Gasteiger partial charge on any atom is -0.465 e. The van der Waals surface area contributed by atoms with Gasteiger partial charge in [0, 0.05) is 11.1 Å². The number of alkyl halides is 2. The molecule has 0 radical (unpaired) electrons. The van der Waals surface area contributed by atoms with Crippen LogP contribution in [0.5, 0.6) is 0 Å². The Morgan fingerprint density at radius 2 is 2.10 bits per heavy atom. The lowest BCUT2D eigenvalue weighted by atomic mass is 10.1. The number of halogens is 2. The number of carbonyl (C=O) groups excluding carboxylic acids is 1. The molecular weight excluding hydrogens is 270 g/mol. The molecule has 0 saturated heterocycles. The van der Waals surface area contributed by atoms with Crippen LogP contribution in [0.1, 0.15) is 22.3 Å². The van der Waals surface area contributed by atoms with Gasteiger partial charge in [0.05, 0.1) is 12.8 Å². The van der Waals surface area contributed by atoms with E-state index in [0.717, 1.165) is 7.11 Å². The van der Waals surface area contributed by atoms with Crippen LogP contribution in [0, 0.1) is 0 Å². The zero-order valence-electron chi connectivity index (χ0n) is 10.4. The molecule has 0 fully saturated rings. The molecule has 0 bridgehead atoms. The number of carbonyl (C=O) groups is 1. The Morgan fingerprint density at radius 1 is 1.35 bits per heavy atom. The van der Waals surface area contributed by atoms with Crippen LogP contribution in [0.2, 0.25) is 0 Å². The molecule has 0 aliphatic carbocycles. The minimum atomic E-state index is -2.61. The molecule has 0 aliphatic heterocycles. The van der Waals surface area contributed by atoms with Gasteiger partial charge in [-0.2, -0.15) is 5.10 Å². The summed E-state index contributed by atoms with van der Waals surface area (Å²) in [5.41, 5.74) is -0.544. The monoisotopic (exact) mass is 280 g/mol. The summed E-state index contributed by atoms with van der Waals surface area (Å²) in [5, 5.41) is 5.87. The highest BCUT2D eigenvalue weighted by molar-refractivity contribution is 5.89. The molecule has 0 unspecified atom stereocenters. The third-order valence-electron chi connectivity index (χ3n) is 2.64. The lowest BCUT2D eigenvalue weighted by Gasteiger charge is -2.05. The van der Waals surface area contributed by atoms with E-state index in [2.05, 4.69) is 14.9 Å². The SMILES string of the molecule is COC(=O)c1cc(-c2cccc(C(F)F)c2)n[nH]c1=O. The Labute approximate surface area is 112 Å². The Kier molecular flexibility index (Phi) is 3.88. The molecule has 20 heavy (non-hydrogen) atoms. The maximum absolute atomic E-state index is 12.6. The Bertz CT molecular complexity index is 698. The summed E-state index contributed by atoms with van der Waals surface area (Å²) in [4.78, 5) is 22.8. The quantitative estimate of drug-likeness (QED) is 0.874. The van der Waals surface area contributed by atoms with Gasteiger partial charge in [-0.05, 0) is 12.1 Å². The second kappa shape index (κ2) is 5.60. The second-order valence-corrected chi connectivity index (χ2v) is 3.91. The maximum Gasteiger partial charge on any atom is 0.343 e. The van der Waals surface area contributed by atoms with E-state index in [1.807, 2.05) is 0 Å². The summed E-state index contributed by atoms with van der Waals surface area (Å²) in [6, 6.07) is 6.72. The van der Waals surface area contributed by atoms with E-state index in [1.54, 1.807) is 6.07 Å². The number of hydrogen-bond acceptors (Lipinski definition) is 4. The number of methoxy groups -OCH3 is 1. The van der Waals surface area contributed by atoms with Crippen molar-refractivity contribution in [1.82, 2.24) is 10.2 Å². The van der Waals surface area contributed by atoms with Crippen LogP contribution in [0.15, 0.2) is 35.1 Å². The van der Waals surface area contributed by atoms with Gasteiger partial charge in [-0.3, -0.25) is 4.79 Å². The van der Waals surface area contributed by atoms with E-state index in [-0.39, 0.29) is 16.8 Å². The molecule has 2 rings (SSSR count). The molecule has 1 aromatic heterocycles. The largest absolute Gasteiger partial charge is 0.465 e. The molecule has 1 aromatic carbocycles. The first-order valence-electron chi connectivity index (χ1n) is 5.59. The molecule has 1 N–H and O–H groups in total. The minimum absolute atomic E-state index is 0.171. The van der Waals surface area contributed by atoms with E-state index >= 15 is 0 Å². The molecule has 1 heterocycles. The highest BCUT2D eigenvalue weighted by atomic mass is 19.3. The fourth-order valence-electron chi connectivity index (χ4n) is 1.65. The molecule has 0 aliphatic rings. The summed E-state index contributed by atoms with van der Waals surface area (Å²) >= 11 is 0. The van der Waals surface area contributed by atoms with Crippen molar-refractivity contribution in [3.8, 4) is 11.3 Å². The Hall–Kier alpha value is -2.57. The average molecular weight is 280 g/mol. The van der Waals surface area contributed by atoms with E-state index in [1.165, 1.54) is 24.3 Å². The Balaban J connectivity index is 2.51. The van der Waals surface area contributed by atoms with Crippen molar-refractivity contribution in [3.63, 3.8) is 0 Å². The van der Waals surface area contributed by atoms with Gasteiger partial charge in [0.2, 0.25) is 0 Å². The van der Waals surface area contributed by atoms with Gasteiger partial charge in [-0.1, -0.05) is 18.2 Å². The zero-order valence-corrected chi connectivity index (χ0v) is 10.4. The first kappa shape index (κ1) is 13.9. The third-order valence-corrected chi connectivity index (χ3v) is 2.64. The van der Waals surface area contributed by atoms with Gasteiger partial charge in [-0.15, -0.1) is 0 Å². The predicted octanol–water partition coefficient (Wildman–Crippen LogP) is 2.16. The highest BCUT2D eigenvalue weighted by Gasteiger charge is 2.14. The van der Waals surface area contributed by atoms with Gasteiger partial charge in [0.1, 0.15) is 5.56 Å². The number of nitrogens with one attached hydrogen (secondary N) is 1. The number of benzene rings is 1. The van der Waals surface area contributed by atoms with Crippen molar-refractivity contribution in [2.45, 2.75) is 6.43 Å². The standard InChI is InChI=1S/C13H10F2N2O3/c1-20-13(19)9-6-10(16-17-12(9)18)7-3-2-4-8(5-7)11(14)15/h2-6,11H,1H3,(H,17,18). The van der Waals surface area contributed by atoms with Crippen LogP contribution in [-0.2, 0) is 4.74 Å². The number of ether oxygens (including phenoxy) is 1. The summed E-state index contributed by atoms with van der Waals surface area (Å²) in [5.74, 6) is -0.820. The second-order valence-electron chi connectivity index (χ2n) is 3.91. The number of nitrogens with zero attached hydrogens (tertiary/aromatic N) is 1. The molecule has 0 saturated carbocycles. The molecule has 0 spiro atoms. The van der Waals surface area contributed by atoms with Crippen molar-refractivity contribution < 1.29 is 18.3 Å². The number of aromatic amines is 1. The van der Waals surface area contributed by atoms with Gasteiger partial charge in [0.15, 0.2) is 0 Å². The number of rotatable bonds is 3. The van der Waals surface area contributed by atoms with E-state index < -0.39 is 18.0 Å². The zero-order chi connectivity index (χ0) is 14.7. The van der Waals surface area contributed by atoms with Gasteiger partial charge in [-0.25, -0.2) is 18.7 Å². The molecular formula is C13H10F2N2O3. The van der Waals surface area contributed by atoms with Crippen LogP contribution < -0.4 is 5.56 Å². The Morgan fingerprint density at radius 3 is 2.75 bits per heavy atom. The summed E-state index contributed by atoms with van der Waals surface area (Å²) in [6.07, 6.45) is -2.61. The van der Waals surface area contributed by atoms with Crippen LogP contribution in [-0.4, -0.2) is 23.3 Å². The van der Waals surface area contributed by atoms with Crippen molar-refractivity contribution in [3.05, 3.63) is 51.8 Å². The highest BCUT2D eigenvalue weighted by Crippen LogP contribution is 2.24. The van der Waals surface area contributed by atoms with Crippen LogP contribution >= 0.6 is 0 Å². The van der Waals surface area contributed by atoms with E-state index in [9.17, 15) is 18.4 Å². The van der Waals surface area contributed by atoms with Crippen LogP contribution in [0.25, 0.3) is 11.3 Å². The van der Waals surface area contributed by atoms with E-state index in [4.69, 9.17) is 0 Å². The summed E-state index contributed by atoms with van der Waals surface area (Å²) in [7, 11) is 1.14. The van der Waals surface area contributed by atoms with Gasteiger partial charge >= 0.3 is 5.97 Å². The smallest absolute Gasteiger partial charge is 0.343 e. The fourth-order valence-corrected chi connectivity index (χ4v) is 1.65. The molecule has 5 nitrogen and oxygen atoms in total. The normalized spacial score (nSPS) is 10.6. The molecule has 104 valence electrons. The molecule has 0 amide bonds. The number of hydrogen-bond donors (Lipinski definition) is 1. The summed E-state index contributed by atoms with van der Waals surface area (Å²) < 4.78 is 29.7. The van der Waals surface area contributed by atoms with Gasteiger partial charge in [0.25, 0.3) is 12.0 Å². The molecule has 2 aromatic rings. The van der Waals surface area contributed by atoms with Crippen LogP contribution in [0.3, 0.4) is 0 Å². The first-order chi connectivity index (χ1) is 9.52. The van der Waals surface area contributed by atoms with Crippen molar-refractivity contribution in [1.29, 1.82) is 0 Å². The van der Waals surface area contributed by atoms with E-state index in [0.29, 0.717) is 5.56 Å². The number of H-pyrrole nitrogens is 1. The van der Waals surface area contributed by atoms with Crippen LogP contribution in [0.4, 0.5) is 8.78 Å². The molecule has 7 heteroatoms. The first-order valence-corrected chi connectivity index (χ1v) is 5.59. The third kappa shape index (κ3) is 2.71. The van der Waals surface area contributed by atoms with Crippen molar-refractivity contribution in [2.75, 3.05) is 7.11 Å². The number of aromatic nitrogens is 2. The lowest BCUT2D eigenvalue weighted by Crippen LogP contribution is -2.20. The molecule has 0 atom stereocenters. The maximum atomic E-state index is 12.6. The average Bonchev–Trinajstić information content (AvgIpc) is 2.47. The fraction of sp³-hybridized carbons (Fsp3) is 0.154.